The van der Waals surface area contributed by atoms with Gasteiger partial charge in [0.15, 0.2) is 0 Å². The Morgan fingerprint density at radius 3 is 2.27 bits per heavy atom. The van der Waals surface area contributed by atoms with Gasteiger partial charge < -0.3 is 15.5 Å². The highest BCUT2D eigenvalue weighted by Crippen LogP contribution is 2.46. The number of benzene rings is 1. The zero-order valence-corrected chi connectivity index (χ0v) is 25.1. The molecular weight excluding hydrogens is 580 g/mol. The number of hydrogen-bond acceptors (Lipinski definition) is 5. The quantitative estimate of drug-likeness (QED) is 0.299. The number of hydrogen-bond donors (Lipinski definition) is 2. The summed E-state index contributed by atoms with van der Waals surface area (Å²) in [6.45, 7) is 4.91. The van der Waals surface area contributed by atoms with Gasteiger partial charge in [0, 0.05) is 38.4 Å². The van der Waals surface area contributed by atoms with Crippen LogP contribution in [-0.2, 0) is 9.59 Å². The van der Waals surface area contributed by atoms with Crippen molar-refractivity contribution in [2.75, 3.05) is 38.0 Å². The lowest BCUT2D eigenvalue weighted by atomic mass is 9.98. The van der Waals surface area contributed by atoms with E-state index in [0.29, 0.717) is 11.3 Å². The fourth-order valence-corrected chi connectivity index (χ4v) is 5.77. The maximum absolute atomic E-state index is 15.4. The van der Waals surface area contributed by atoms with Gasteiger partial charge in [-0.15, -0.1) is 0 Å². The zero-order valence-electron chi connectivity index (χ0n) is 25.1. The summed E-state index contributed by atoms with van der Waals surface area (Å²) in [4.78, 5) is 42.8. The van der Waals surface area contributed by atoms with Crippen molar-refractivity contribution in [3.8, 4) is 0 Å². The maximum atomic E-state index is 15.4. The van der Waals surface area contributed by atoms with Crippen LogP contribution in [0.15, 0.2) is 41.6 Å². The van der Waals surface area contributed by atoms with Gasteiger partial charge in [-0.2, -0.15) is 18.3 Å². The predicted octanol–water partition coefficient (Wildman–Crippen LogP) is 4.65. The normalized spacial score (nSPS) is 18.6. The van der Waals surface area contributed by atoms with E-state index >= 15 is 4.39 Å². The minimum atomic E-state index is -4.30. The van der Waals surface area contributed by atoms with E-state index in [9.17, 15) is 27.6 Å². The molecule has 0 bridgehead atoms. The van der Waals surface area contributed by atoms with Crippen molar-refractivity contribution in [2.24, 2.45) is 5.92 Å². The fraction of sp³-hybridized carbons (Fsp3) is 0.548. The van der Waals surface area contributed by atoms with Crippen LogP contribution in [0.2, 0.25) is 0 Å². The van der Waals surface area contributed by atoms with E-state index in [1.165, 1.54) is 28.1 Å². The van der Waals surface area contributed by atoms with Gasteiger partial charge in [0.05, 0.1) is 18.2 Å². The molecule has 2 atom stereocenters. The Labute approximate surface area is 253 Å². The summed E-state index contributed by atoms with van der Waals surface area (Å²) in [6, 6.07) is 4.68. The van der Waals surface area contributed by atoms with Crippen LogP contribution in [0.3, 0.4) is 0 Å². The molecule has 1 aromatic heterocycles. The maximum Gasteiger partial charge on any atom is 0.401 e. The summed E-state index contributed by atoms with van der Waals surface area (Å²) in [5.74, 6) is -2.57. The summed E-state index contributed by atoms with van der Waals surface area (Å²) in [5, 5.41) is 9.75. The number of amides is 3. The summed E-state index contributed by atoms with van der Waals surface area (Å²) in [5.41, 5.74) is 2.67. The number of rotatable bonds is 10. The molecule has 1 saturated heterocycles. The SMILES string of the molecule is CC(C)n1nccc1C(=O)N[C@H](C(=O)Nc1ccc([C@H](C)C(=O)N2CCN(CC(F)(F)F)CC2)cc1F)C(=C1CC1)C1CC1. The third-order valence-electron chi connectivity index (χ3n) is 8.37. The van der Waals surface area contributed by atoms with Crippen LogP contribution < -0.4 is 10.6 Å². The van der Waals surface area contributed by atoms with Gasteiger partial charge in [-0.1, -0.05) is 11.6 Å². The molecule has 5 rings (SSSR count). The van der Waals surface area contributed by atoms with Gasteiger partial charge in [-0.3, -0.25) is 24.0 Å². The van der Waals surface area contributed by atoms with Crippen LogP contribution in [0.5, 0.6) is 0 Å². The second kappa shape index (κ2) is 12.7. The molecule has 13 heteroatoms. The van der Waals surface area contributed by atoms with E-state index in [-0.39, 0.29) is 49.7 Å². The fourth-order valence-electron chi connectivity index (χ4n) is 5.77. The smallest absolute Gasteiger partial charge is 0.340 e. The van der Waals surface area contributed by atoms with Crippen molar-refractivity contribution in [1.29, 1.82) is 0 Å². The molecule has 9 nitrogen and oxygen atoms in total. The van der Waals surface area contributed by atoms with Crippen LogP contribution >= 0.6 is 0 Å². The lowest BCUT2D eigenvalue weighted by molar-refractivity contribution is -0.152. The van der Waals surface area contributed by atoms with E-state index in [1.807, 2.05) is 13.8 Å². The molecule has 0 unspecified atom stereocenters. The second-order valence-electron chi connectivity index (χ2n) is 12.2. The molecule has 3 amide bonds. The summed E-state index contributed by atoms with van der Waals surface area (Å²) >= 11 is 0. The highest BCUT2D eigenvalue weighted by Gasteiger charge is 2.40. The van der Waals surface area contributed by atoms with Crippen molar-refractivity contribution in [2.45, 2.75) is 70.6 Å². The van der Waals surface area contributed by atoms with Crippen LogP contribution in [0.1, 0.15) is 74.5 Å². The first-order valence-corrected chi connectivity index (χ1v) is 15.1. The third kappa shape index (κ3) is 7.48. The van der Waals surface area contributed by atoms with Crippen LogP contribution in [-0.4, -0.2) is 82.2 Å². The zero-order chi connectivity index (χ0) is 31.8. The summed E-state index contributed by atoms with van der Waals surface area (Å²) < 4.78 is 55.0. The number of carbonyl (C=O) groups is 3. The molecule has 1 aromatic carbocycles. The largest absolute Gasteiger partial charge is 0.401 e. The Morgan fingerprint density at radius 2 is 1.70 bits per heavy atom. The average Bonchev–Trinajstić information content (AvgIpc) is 3.91. The number of anilines is 1. The Bertz CT molecular complexity index is 1430. The van der Waals surface area contributed by atoms with Crippen molar-refractivity contribution < 1.29 is 31.9 Å². The van der Waals surface area contributed by atoms with Gasteiger partial charge in [0.25, 0.3) is 11.8 Å². The number of piperazine rings is 1. The number of halogens is 4. The molecule has 1 aliphatic heterocycles. The molecule has 0 radical (unpaired) electrons. The minimum Gasteiger partial charge on any atom is -0.340 e. The number of nitrogens with one attached hydrogen (secondary N) is 2. The Kier molecular flexibility index (Phi) is 9.15. The molecule has 3 fully saturated rings. The minimum absolute atomic E-state index is 0.0661. The van der Waals surface area contributed by atoms with Crippen molar-refractivity contribution in [1.82, 2.24) is 24.9 Å². The van der Waals surface area contributed by atoms with E-state index in [2.05, 4.69) is 15.7 Å². The lowest BCUT2D eigenvalue weighted by Crippen LogP contribution is -2.51. The van der Waals surface area contributed by atoms with Gasteiger partial charge in [-0.05, 0) is 81.7 Å². The molecule has 3 aliphatic rings. The Hall–Kier alpha value is -3.74. The highest BCUT2D eigenvalue weighted by molar-refractivity contribution is 6.02. The van der Waals surface area contributed by atoms with Gasteiger partial charge in [0.1, 0.15) is 17.6 Å². The molecule has 2 aromatic rings. The van der Waals surface area contributed by atoms with Crippen LogP contribution in [0.4, 0.5) is 23.2 Å². The van der Waals surface area contributed by atoms with E-state index < -0.39 is 42.3 Å². The lowest BCUT2D eigenvalue weighted by Gasteiger charge is -2.36. The first-order valence-electron chi connectivity index (χ1n) is 15.1. The predicted molar refractivity (Wildman–Crippen MR) is 155 cm³/mol. The molecule has 2 heterocycles. The Morgan fingerprint density at radius 1 is 1.02 bits per heavy atom. The molecule has 238 valence electrons. The molecule has 2 aliphatic carbocycles. The number of allylic oxidation sites excluding steroid dienone is 1. The summed E-state index contributed by atoms with van der Waals surface area (Å²) in [6.07, 6.45) is 0.806. The molecule has 0 spiro atoms. The number of nitrogens with zero attached hydrogens (tertiary/aromatic N) is 4. The van der Waals surface area contributed by atoms with Gasteiger partial charge >= 0.3 is 6.18 Å². The first kappa shape index (κ1) is 31.7. The molecule has 2 saturated carbocycles. The summed E-state index contributed by atoms with van der Waals surface area (Å²) in [7, 11) is 0. The van der Waals surface area contributed by atoms with Crippen molar-refractivity contribution in [3.63, 3.8) is 0 Å². The van der Waals surface area contributed by atoms with Gasteiger partial charge in [0.2, 0.25) is 5.91 Å². The van der Waals surface area contributed by atoms with Gasteiger partial charge in [-0.25, -0.2) is 4.39 Å². The van der Waals surface area contributed by atoms with Crippen molar-refractivity contribution in [3.05, 3.63) is 58.7 Å². The topological polar surface area (TPSA) is 99.6 Å². The van der Waals surface area contributed by atoms with Crippen LogP contribution in [0, 0.1) is 11.7 Å². The van der Waals surface area contributed by atoms with E-state index in [1.54, 1.807) is 23.7 Å². The molecule has 44 heavy (non-hydrogen) atoms. The third-order valence-corrected chi connectivity index (χ3v) is 8.37. The average molecular weight is 619 g/mol. The molecular formula is C31H38F4N6O3. The van der Waals surface area contributed by atoms with E-state index in [0.717, 1.165) is 36.8 Å². The van der Waals surface area contributed by atoms with Crippen molar-refractivity contribution >= 4 is 23.4 Å². The van der Waals surface area contributed by atoms with Crippen LogP contribution in [0.25, 0.3) is 0 Å². The number of aromatic nitrogens is 2. The number of carbonyl (C=O) groups excluding carboxylic acids is 3. The number of alkyl halides is 3. The first-order chi connectivity index (χ1) is 20.8. The second-order valence-corrected chi connectivity index (χ2v) is 12.2. The van der Waals surface area contributed by atoms with E-state index in [4.69, 9.17) is 0 Å². The highest BCUT2D eigenvalue weighted by atomic mass is 19.4. The Balaban J connectivity index is 1.27. The standard InChI is InChI=1S/C31H38F4N6O3/c1-18(2)41-25(10-11-36-41)28(42)38-27(26(20-4-5-20)21-6-7-21)29(43)37-24-9-8-22(16-23(24)32)19(3)30(44)40-14-12-39(13-15-40)17-31(33,34)35/h8-11,16,18-20,27H,4-7,12-15,17H2,1-3H3,(H,37,43)(H,38,42)/t19-,27-/m0/s1. The molecule has 2 N–H and O–H groups in total. The monoisotopic (exact) mass is 618 g/mol.